The Morgan fingerprint density at radius 1 is 1.04 bits per heavy atom. The molecule has 24 heavy (non-hydrogen) atoms. The number of methoxy groups -OCH3 is 2. The van der Waals surface area contributed by atoms with Crippen molar-refractivity contribution in [2.45, 2.75) is 26.4 Å². The Morgan fingerprint density at radius 3 is 2.46 bits per heavy atom. The van der Waals surface area contributed by atoms with Gasteiger partial charge in [0.15, 0.2) is 23.0 Å². The van der Waals surface area contributed by atoms with E-state index in [1.54, 1.807) is 20.3 Å². The van der Waals surface area contributed by atoms with E-state index in [4.69, 9.17) is 14.2 Å². The zero-order chi connectivity index (χ0) is 17.5. The summed E-state index contributed by atoms with van der Waals surface area (Å²) in [6, 6.07) is 11.4. The number of para-hydroxylation sites is 1. The SMILES string of the molecule is CCOc1cccc(CN[C@H](C)c2ccc(OC)c(OC)c2)c1O. The molecule has 0 heterocycles. The van der Waals surface area contributed by atoms with E-state index in [1.165, 1.54) is 0 Å². The van der Waals surface area contributed by atoms with Crippen LogP contribution < -0.4 is 19.5 Å². The molecule has 2 rings (SSSR count). The third-order valence-electron chi connectivity index (χ3n) is 3.89. The molecule has 0 aliphatic heterocycles. The average molecular weight is 331 g/mol. The van der Waals surface area contributed by atoms with E-state index in [0.717, 1.165) is 11.1 Å². The molecule has 2 aromatic rings. The first kappa shape index (κ1) is 17.9. The van der Waals surface area contributed by atoms with E-state index in [9.17, 15) is 5.11 Å². The second kappa shape index (κ2) is 8.45. The monoisotopic (exact) mass is 331 g/mol. The smallest absolute Gasteiger partial charge is 0.162 e. The molecule has 0 saturated heterocycles. The lowest BCUT2D eigenvalue weighted by Crippen LogP contribution is -2.18. The molecular weight excluding hydrogens is 306 g/mol. The Morgan fingerprint density at radius 2 is 1.79 bits per heavy atom. The highest BCUT2D eigenvalue weighted by Gasteiger charge is 2.12. The summed E-state index contributed by atoms with van der Waals surface area (Å²) in [7, 11) is 3.24. The van der Waals surface area contributed by atoms with Gasteiger partial charge in [-0.25, -0.2) is 0 Å². The van der Waals surface area contributed by atoms with Crippen LogP contribution in [0.15, 0.2) is 36.4 Å². The highest BCUT2D eigenvalue weighted by Crippen LogP contribution is 2.32. The number of hydrogen-bond acceptors (Lipinski definition) is 5. The fourth-order valence-electron chi connectivity index (χ4n) is 2.49. The molecule has 0 bridgehead atoms. The average Bonchev–Trinajstić information content (AvgIpc) is 2.61. The minimum absolute atomic E-state index is 0.0833. The fourth-order valence-corrected chi connectivity index (χ4v) is 2.49. The number of nitrogens with one attached hydrogen (secondary N) is 1. The zero-order valence-corrected chi connectivity index (χ0v) is 14.6. The number of benzene rings is 2. The van der Waals surface area contributed by atoms with Crippen molar-refractivity contribution in [2.75, 3.05) is 20.8 Å². The quantitative estimate of drug-likeness (QED) is 0.773. The fraction of sp³-hybridized carbons (Fsp3) is 0.368. The van der Waals surface area contributed by atoms with Gasteiger partial charge in [-0.2, -0.15) is 0 Å². The maximum absolute atomic E-state index is 10.3. The number of phenols is 1. The van der Waals surface area contributed by atoms with Crippen molar-refractivity contribution < 1.29 is 19.3 Å². The molecule has 0 spiro atoms. The predicted molar refractivity (Wildman–Crippen MR) is 94.1 cm³/mol. The van der Waals surface area contributed by atoms with Crippen LogP contribution in [0.3, 0.4) is 0 Å². The summed E-state index contributed by atoms with van der Waals surface area (Å²) in [6.07, 6.45) is 0. The molecule has 0 unspecified atom stereocenters. The first-order valence-electron chi connectivity index (χ1n) is 7.99. The van der Waals surface area contributed by atoms with Crippen molar-refractivity contribution in [2.24, 2.45) is 0 Å². The minimum Gasteiger partial charge on any atom is -0.504 e. The lowest BCUT2D eigenvalue weighted by Gasteiger charge is -2.17. The second-order valence-electron chi connectivity index (χ2n) is 5.41. The van der Waals surface area contributed by atoms with Crippen LogP contribution in [0.1, 0.15) is 31.0 Å². The number of ether oxygens (including phenoxy) is 3. The van der Waals surface area contributed by atoms with Crippen LogP contribution in [0, 0.1) is 0 Å². The van der Waals surface area contributed by atoms with Gasteiger partial charge in [0, 0.05) is 18.2 Å². The molecule has 0 fully saturated rings. The van der Waals surface area contributed by atoms with Crippen LogP contribution in [0.2, 0.25) is 0 Å². The van der Waals surface area contributed by atoms with Gasteiger partial charge in [-0.05, 0) is 37.6 Å². The van der Waals surface area contributed by atoms with E-state index < -0.39 is 0 Å². The first-order chi connectivity index (χ1) is 11.6. The van der Waals surface area contributed by atoms with E-state index >= 15 is 0 Å². The Balaban J connectivity index is 2.08. The maximum atomic E-state index is 10.3. The van der Waals surface area contributed by atoms with Gasteiger partial charge < -0.3 is 24.6 Å². The van der Waals surface area contributed by atoms with Crippen molar-refractivity contribution >= 4 is 0 Å². The lowest BCUT2D eigenvalue weighted by atomic mass is 10.1. The highest BCUT2D eigenvalue weighted by atomic mass is 16.5. The van der Waals surface area contributed by atoms with Gasteiger partial charge in [-0.3, -0.25) is 0 Å². The molecule has 2 aromatic carbocycles. The standard InChI is InChI=1S/C19H25NO4/c1-5-24-17-8-6-7-15(19(17)21)12-20-13(2)14-9-10-16(22-3)18(11-14)23-4/h6-11,13,20-21H,5,12H2,1-4H3/t13-/m1/s1. The van der Waals surface area contributed by atoms with Crippen LogP contribution in [0.25, 0.3) is 0 Å². The van der Waals surface area contributed by atoms with Gasteiger partial charge in [0.05, 0.1) is 20.8 Å². The van der Waals surface area contributed by atoms with Gasteiger partial charge in [-0.1, -0.05) is 18.2 Å². The van der Waals surface area contributed by atoms with Gasteiger partial charge >= 0.3 is 0 Å². The molecule has 0 aliphatic rings. The number of aromatic hydroxyl groups is 1. The lowest BCUT2D eigenvalue weighted by molar-refractivity contribution is 0.316. The van der Waals surface area contributed by atoms with Crippen LogP contribution in [-0.2, 0) is 6.54 Å². The molecule has 0 aliphatic carbocycles. The molecule has 0 saturated carbocycles. The molecule has 0 radical (unpaired) electrons. The molecule has 0 amide bonds. The summed E-state index contributed by atoms with van der Waals surface area (Å²) in [6.45, 7) is 5.00. The molecule has 1 atom stereocenters. The number of phenolic OH excluding ortho intramolecular Hbond substituents is 1. The van der Waals surface area contributed by atoms with Crippen molar-refractivity contribution in [1.82, 2.24) is 5.32 Å². The highest BCUT2D eigenvalue weighted by molar-refractivity contribution is 5.46. The summed E-state index contributed by atoms with van der Waals surface area (Å²) in [5.41, 5.74) is 1.88. The first-order valence-corrected chi connectivity index (χ1v) is 7.99. The molecule has 5 heteroatoms. The summed E-state index contributed by atoms with van der Waals surface area (Å²) in [5.74, 6) is 2.10. The Hall–Kier alpha value is -2.40. The van der Waals surface area contributed by atoms with Crippen molar-refractivity contribution in [1.29, 1.82) is 0 Å². The summed E-state index contributed by atoms with van der Waals surface area (Å²) in [4.78, 5) is 0. The minimum atomic E-state index is 0.0833. The largest absolute Gasteiger partial charge is 0.504 e. The molecule has 130 valence electrons. The topological polar surface area (TPSA) is 60.0 Å². The van der Waals surface area contributed by atoms with Crippen LogP contribution in [-0.4, -0.2) is 25.9 Å². The van der Waals surface area contributed by atoms with E-state index in [0.29, 0.717) is 30.4 Å². The summed E-state index contributed by atoms with van der Waals surface area (Å²) in [5, 5.41) is 13.7. The van der Waals surface area contributed by atoms with Crippen LogP contribution in [0.4, 0.5) is 0 Å². The molecule has 0 aromatic heterocycles. The number of rotatable bonds is 8. The van der Waals surface area contributed by atoms with Crippen molar-refractivity contribution in [3.63, 3.8) is 0 Å². The third-order valence-corrected chi connectivity index (χ3v) is 3.89. The third kappa shape index (κ3) is 4.11. The van der Waals surface area contributed by atoms with E-state index in [1.807, 2.05) is 37.3 Å². The van der Waals surface area contributed by atoms with Gasteiger partial charge in [0.2, 0.25) is 0 Å². The van der Waals surface area contributed by atoms with Crippen LogP contribution in [0.5, 0.6) is 23.0 Å². The Bertz CT molecular complexity index is 672. The van der Waals surface area contributed by atoms with Gasteiger partial charge in [0.25, 0.3) is 0 Å². The maximum Gasteiger partial charge on any atom is 0.162 e. The van der Waals surface area contributed by atoms with Crippen molar-refractivity contribution in [3.8, 4) is 23.0 Å². The van der Waals surface area contributed by atoms with Gasteiger partial charge in [0.1, 0.15) is 0 Å². The normalized spacial score (nSPS) is 11.8. The second-order valence-corrected chi connectivity index (χ2v) is 5.41. The van der Waals surface area contributed by atoms with Crippen molar-refractivity contribution in [3.05, 3.63) is 47.5 Å². The summed E-state index contributed by atoms with van der Waals surface area (Å²) >= 11 is 0. The number of hydrogen-bond donors (Lipinski definition) is 2. The van der Waals surface area contributed by atoms with Crippen LogP contribution >= 0.6 is 0 Å². The Labute approximate surface area is 143 Å². The summed E-state index contributed by atoms with van der Waals surface area (Å²) < 4.78 is 16.0. The van der Waals surface area contributed by atoms with E-state index in [2.05, 4.69) is 12.2 Å². The van der Waals surface area contributed by atoms with E-state index in [-0.39, 0.29) is 11.8 Å². The predicted octanol–water partition coefficient (Wildman–Crippen LogP) is 3.66. The Kier molecular flexibility index (Phi) is 6.32. The van der Waals surface area contributed by atoms with Gasteiger partial charge in [-0.15, -0.1) is 0 Å². The molecule has 5 nitrogen and oxygen atoms in total. The zero-order valence-electron chi connectivity index (χ0n) is 14.6. The molecule has 2 N–H and O–H groups in total. The molecular formula is C19H25NO4.